The van der Waals surface area contributed by atoms with Crippen LogP contribution in [0.3, 0.4) is 0 Å². The van der Waals surface area contributed by atoms with Gasteiger partial charge in [0.05, 0.1) is 23.7 Å². The number of aryl methyl sites for hydroxylation is 1. The molecule has 6 nitrogen and oxygen atoms in total. The molecule has 31 heavy (non-hydrogen) atoms. The lowest BCUT2D eigenvalue weighted by atomic mass is 10.2. The molecule has 2 aromatic carbocycles. The highest BCUT2D eigenvalue weighted by Gasteiger charge is 2.11. The van der Waals surface area contributed by atoms with Gasteiger partial charge in [-0.3, -0.25) is 4.79 Å². The maximum absolute atomic E-state index is 13.2. The molecule has 0 spiro atoms. The first-order valence-corrected chi connectivity index (χ1v) is 10.9. The molecule has 1 aromatic heterocycles. The molecular formula is C24H24BrN3O3. The van der Waals surface area contributed by atoms with E-state index in [0.29, 0.717) is 41.3 Å². The first-order valence-electron chi connectivity index (χ1n) is 10.2. The molecule has 0 saturated carbocycles. The van der Waals surface area contributed by atoms with Crippen LogP contribution in [0.4, 0.5) is 0 Å². The van der Waals surface area contributed by atoms with Crippen LogP contribution in [0.25, 0.3) is 10.9 Å². The predicted octanol–water partition coefficient (Wildman–Crippen LogP) is 4.79. The normalized spacial score (nSPS) is 11.0. The molecule has 3 aromatic rings. The average Bonchev–Trinajstić information content (AvgIpc) is 2.77. The zero-order chi connectivity index (χ0) is 22.2. The summed E-state index contributed by atoms with van der Waals surface area (Å²) < 4.78 is 13.4. The Bertz CT molecular complexity index is 1200. The molecule has 0 aliphatic rings. The van der Waals surface area contributed by atoms with Crippen molar-refractivity contribution in [2.75, 3.05) is 13.2 Å². The number of nitrogens with zero attached hydrogens (tertiary/aromatic N) is 3. The molecule has 0 atom stereocenters. The van der Waals surface area contributed by atoms with Crippen molar-refractivity contribution < 1.29 is 9.47 Å². The number of terminal acetylenes is 1. The van der Waals surface area contributed by atoms with E-state index in [-0.39, 0.29) is 12.2 Å². The van der Waals surface area contributed by atoms with Gasteiger partial charge in [-0.25, -0.2) is 4.98 Å². The van der Waals surface area contributed by atoms with Gasteiger partial charge in [0.25, 0.3) is 5.56 Å². The number of hydrogen-bond acceptors (Lipinski definition) is 5. The van der Waals surface area contributed by atoms with E-state index in [9.17, 15) is 4.79 Å². The van der Waals surface area contributed by atoms with E-state index in [1.54, 1.807) is 24.4 Å². The fourth-order valence-electron chi connectivity index (χ4n) is 3.05. The SMILES string of the molecule is C#CCOc1ccc(C=Nn2c(CCCC)nc3ccc(Br)cc3c2=O)cc1OCC. The fraction of sp³-hybridized carbons (Fsp3) is 0.292. The van der Waals surface area contributed by atoms with Crippen molar-refractivity contribution in [1.29, 1.82) is 0 Å². The van der Waals surface area contributed by atoms with Crippen molar-refractivity contribution in [2.24, 2.45) is 5.10 Å². The second-order valence-electron chi connectivity index (χ2n) is 6.79. The van der Waals surface area contributed by atoms with Gasteiger partial charge in [-0.15, -0.1) is 6.42 Å². The number of ether oxygens (including phenoxy) is 2. The van der Waals surface area contributed by atoms with Gasteiger partial charge < -0.3 is 9.47 Å². The number of rotatable bonds is 9. The smallest absolute Gasteiger partial charge is 0.282 e. The second kappa shape index (κ2) is 10.8. The molecule has 0 unspecified atom stereocenters. The van der Waals surface area contributed by atoms with Gasteiger partial charge in [0, 0.05) is 10.9 Å². The molecule has 0 bridgehead atoms. The van der Waals surface area contributed by atoms with Crippen LogP contribution in [0.1, 0.15) is 38.1 Å². The Morgan fingerprint density at radius 3 is 2.77 bits per heavy atom. The van der Waals surface area contributed by atoms with E-state index in [1.165, 1.54) is 4.68 Å². The van der Waals surface area contributed by atoms with E-state index in [2.05, 4.69) is 38.9 Å². The van der Waals surface area contributed by atoms with Crippen molar-refractivity contribution >= 4 is 33.0 Å². The van der Waals surface area contributed by atoms with Gasteiger partial charge in [0.2, 0.25) is 0 Å². The molecule has 0 N–H and O–H groups in total. The van der Waals surface area contributed by atoms with Gasteiger partial charge in [-0.1, -0.05) is 35.2 Å². The van der Waals surface area contributed by atoms with Crippen LogP contribution in [-0.4, -0.2) is 29.1 Å². The van der Waals surface area contributed by atoms with Crippen molar-refractivity contribution in [3.8, 4) is 23.8 Å². The van der Waals surface area contributed by atoms with Crippen LogP contribution in [0.15, 0.2) is 50.8 Å². The summed E-state index contributed by atoms with van der Waals surface area (Å²) in [5.41, 5.74) is 1.23. The van der Waals surface area contributed by atoms with Crippen LogP contribution in [-0.2, 0) is 6.42 Å². The lowest BCUT2D eigenvalue weighted by molar-refractivity contribution is 0.299. The Balaban J connectivity index is 2.03. The second-order valence-corrected chi connectivity index (χ2v) is 7.70. The maximum Gasteiger partial charge on any atom is 0.282 e. The maximum atomic E-state index is 13.2. The number of hydrogen-bond donors (Lipinski definition) is 0. The van der Waals surface area contributed by atoms with Crippen LogP contribution in [0, 0.1) is 12.3 Å². The molecule has 0 aliphatic heterocycles. The molecular weight excluding hydrogens is 458 g/mol. The lowest BCUT2D eigenvalue weighted by Crippen LogP contribution is -2.22. The van der Waals surface area contributed by atoms with Crippen LogP contribution in [0.2, 0.25) is 0 Å². The molecule has 0 saturated heterocycles. The van der Waals surface area contributed by atoms with E-state index in [4.69, 9.17) is 15.9 Å². The molecule has 0 aliphatic carbocycles. The Morgan fingerprint density at radius 2 is 2.03 bits per heavy atom. The minimum absolute atomic E-state index is 0.155. The summed E-state index contributed by atoms with van der Waals surface area (Å²) in [7, 11) is 0. The molecule has 0 fully saturated rings. The Kier molecular flexibility index (Phi) is 7.85. The summed E-state index contributed by atoms with van der Waals surface area (Å²) in [6, 6.07) is 10.9. The van der Waals surface area contributed by atoms with Crippen LogP contribution < -0.4 is 15.0 Å². The summed E-state index contributed by atoms with van der Waals surface area (Å²) in [4.78, 5) is 17.8. The highest BCUT2D eigenvalue weighted by atomic mass is 79.9. The minimum Gasteiger partial charge on any atom is -0.490 e. The summed E-state index contributed by atoms with van der Waals surface area (Å²) in [6.07, 6.45) is 9.47. The third kappa shape index (κ3) is 5.53. The van der Waals surface area contributed by atoms with E-state index < -0.39 is 0 Å². The molecule has 160 valence electrons. The summed E-state index contributed by atoms with van der Waals surface area (Å²) in [5, 5.41) is 4.99. The van der Waals surface area contributed by atoms with E-state index in [1.807, 2.05) is 25.1 Å². The Labute approximate surface area is 190 Å². The van der Waals surface area contributed by atoms with Crippen molar-refractivity contribution in [1.82, 2.24) is 9.66 Å². The Hall–Kier alpha value is -3.11. The van der Waals surface area contributed by atoms with Crippen molar-refractivity contribution in [2.45, 2.75) is 33.1 Å². The monoisotopic (exact) mass is 481 g/mol. The Morgan fingerprint density at radius 1 is 1.19 bits per heavy atom. The fourth-order valence-corrected chi connectivity index (χ4v) is 3.41. The third-order valence-corrected chi connectivity index (χ3v) is 5.02. The van der Waals surface area contributed by atoms with Gasteiger partial charge in [0.1, 0.15) is 12.4 Å². The minimum atomic E-state index is -0.201. The molecule has 1 heterocycles. The molecule has 7 heteroatoms. The number of benzene rings is 2. The largest absolute Gasteiger partial charge is 0.490 e. The zero-order valence-electron chi connectivity index (χ0n) is 17.6. The zero-order valence-corrected chi connectivity index (χ0v) is 19.2. The number of unbranched alkanes of at least 4 members (excludes halogenated alkanes) is 1. The third-order valence-electron chi connectivity index (χ3n) is 4.53. The van der Waals surface area contributed by atoms with Crippen molar-refractivity contribution in [3.63, 3.8) is 0 Å². The molecule has 0 amide bonds. The van der Waals surface area contributed by atoms with Crippen LogP contribution >= 0.6 is 15.9 Å². The van der Waals surface area contributed by atoms with Gasteiger partial charge >= 0.3 is 0 Å². The summed E-state index contributed by atoms with van der Waals surface area (Å²) in [5.74, 6) is 4.21. The van der Waals surface area contributed by atoms with Gasteiger partial charge in [0.15, 0.2) is 11.5 Å². The van der Waals surface area contributed by atoms with Crippen LogP contribution in [0.5, 0.6) is 11.5 Å². The lowest BCUT2D eigenvalue weighted by Gasteiger charge is -2.11. The number of fused-ring (bicyclic) bond motifs is 1. The number of halogens is 1. The molecule has 3 rings (SSSR count). The summed E-state index contributed by atoms with van der Waals surface area (Å²) in [6.45, 7) is 4.63. The quantitative estimate of drug-likeness (QED) is 0.325. The van der Waals surface area contributed by atoms with Gasteiger partial charge in [-0.2, -0.15) is 9.78 Å². The predicted molar refractivity (Wildman–Crippen MR) is 127 cm³/mol. The highest BCUT2D eigenvalue weighted by Crippen LogP contribution is 2.28. The van der Waals surface area contributed by atoms with Gasteiger partial charge in [-0.05, 0) is 55.3 Å². The van der Waals surface area contributed by atoms with Crippen molar-refractivity contribution in [3.05, 3.63) is 62.6 Å². The van der Waals surface area contributed by atoms with E-state index in [0.717, 1.165) is 22.9 Å². The van der Waals surface area contributed by atoms with E-state index >= 15 is 0 Å². The first-order chi connectivity index (χ1) is 15.1. The summed E-state index contributed by atoms with van der Waals surface area (Å²) >= 11 is 3.42. The standard InChI is InChI=1S/C24H24BrN3O3/c1-4-7-8-23-27-20-11-10-18(25)15-19(20)24(29)28(23)26-16-17-9-12-21(31-13-5-2)22(14-17)30-6-3/h2,9-12,14-16H,4,6-8,13H2,1,3H3. The topological polar surface area (TPSA) is 65.7 Å². The average molecular weight is 482 g/mol. The molecule has 0 radical (unpaired) electrons. The first kappa shape index (κ1) is 22.6. The highest BCUT2D eigenvalue weighted by molar-refractivity contribution is 9.10. The number of aromatic nitrogens is 2.